The Bertz CT molecular complexity index is 324. The molecule has 0 radical (unpaired) electrons. The van der Waals surface area contributed by atoms with Crippen LogP contribution in [0.1, 0.15) is 12.0 Å². The van der Waals surface area contributed by atoms with Crippen LogP contribution in [0.25, 0.3) is 0 Å². The minimum atomic E-state index is -1.11. The Kier molecular flexibility index (Phi) is 4.96. The van der Waals surface area contributed by atoms with Crippen LogP contribution in [0, 0.1) is 0 Å². The van der Waals surface area contributed by atoms with Crippen LogP contribution in [0.2, 0.25) is 19.6 Å². The molecule has 0 aliphatic carbocycles. The molecule has 0 amide bonds. The standard InChI is InChI=1S/C14H22OSi/c1-16(2,3)11-7-10-14(15)12-13-8-5-4-6-9-13/h4-9,11,14-15H,10,12H2,1-3H3/b11-7-. The first-order chi connectivity index (χ1) is 7.47. The van der Waals surface area contributed by atoms with E-state index in [0.29, 0.717) is 0 Å². The van der Waals surface area contributed by atoms with Crippen LogP contribution in [0.3, 0.4) is 0 Å². The van der Waals surface area contributed by atoms with Crippen molar-refractivity contribution in [3.63, 3.8) is 0 Å². The van der Waals surface area contributed by atoms with Crippen LogP contribution in [-0.2, 0) is 6.42 Å². The minimum Gasteiger partial charge on any atom is -0.392 e. The summed E-state index contributed by atoms with van der Waals surface area (Å²) in [5.74, 6) is 0. The van der Waals surface area contributed by atoms with Gasteiger partial charge in [-0.2, -0.15) is 0 Å². The molecule has 0 fully saturated rings. The maximum Gasteiger partial charge on any atom is 0.0682 e. The maximum absolute atomic E-state index is 9.86. The van der Waals surface area contributed by atoms with Crippen LogP contribution in [0.15, 0.2) is 42.1 Å². The largest absolute Gasteiger partial charge is 0.392 e. The summed E-state index contributed by atoms with van der Waals surface area (Å²) in [5.41, 5.74) is 3.50. The van der Waals surface area contributed by atoms with Crippen LogP contribution in [0.4, 0.5) is 0 Å². The zero-order chi connectivity index (χ0) is 12.0. The fourth-order valence-electron chi connectivity index (χ4n) is 1.55. The fourth-order valence-corrected chi connectivity index (χ4v) is 2.39. The van der Waals surface area contributed by atoms with E-state index in [1.54, 1.807) is 0 Å². The van der Waals surface area contributed by atoms with Crippen molar-refractivity contribution >= 4 is 8.07 Å². The predicted molar refractivity (Wildman–Crippen MR) is 73.3 cm³/mol. The molecule has 0 heterocycles. The summed E-state index contributed by atoms with van der Waals surface area (Å²) < 4.78 is 0. The molecule has 2 heteroatoms. The van der Waals surface area contributed by atoms with Gasteiger partial charge in [0.2, 0.25) is 0 Å². The van der Waals surface area contributed by atoms with Crippen molar-refractivity contribution in [1.82, 2.24) is 0 Å². The summed E-state index contributed by atoms with van der Waals surface area (Å²) in [6.07, 6.45) is 3.39. The lowest BCUT2D eigenvalue weighted by molar-refractivity contribution is 0.178. The van der Waals surface area contributed by atoms with E-state index in [1.807, 2.05) is 18.2 Å². The fraction of sp³-hybridized carbons (Fsp3) is 0.429. The van der Waals surface area contributed by atoms with Gasteiger partial charge in [0.1, 0.15) is 0 Å². The van der Waals surface area contributed by atoms with Gasteiger partial charge in [-0.3, -0.25) is 0 Å². The van der Waals surface area contributed by atoms with Gasteiger partial charge in [-0.1, -0.05) is 61.7 Å². The monoisotopic (exact) mass is 234 g/mol. The third-order valence-electron chi connectivity index (χ3n) is 2.34. The summed E-state index contributed by atoms with van der Waals surface area (Å²) in [6.45, 7) is 6.90. The zero-order valence-corrected chi connectivity index (χ0v) is 11.5. The van der Waals surface area contributed by atoms with E-state index in [-0.39, 0.29) is 6.10 Å². The summed E-state index contributed by atoms with van der Waals surface area (Å²) in [4.78, 5) is 0. The van der Waals surface area contributed by atoms with E-state index < -0.39 is 8.07 Å². The van der Waals surface area contributed by atoms with Gasteiger partial charge in [0.25, 0.3) is 0 Å². The van der Waals surface area contributed by atoms with Gasteiger partial charge in [0.05, 0.1) is 14.2 Å². The molecule has 1 aromatic carbocycles. The van der Waals surface area contributed by atoms with Crippen LogP contribution in [0.5, 0.6) is 0 Å². The lowest BCUT2D eigenvalue weighted by Crippen LogP contribution is -2.16. The highest BCUT2D eigenvalue weighted by molar-refractivity contribution is 6.80. The van der Waals surface area contributed by atoms with Crippen molar-refractivity contribution < 1.29 is 5.11 Å². The molecule has 1 N–H and O–H groups in total. The highest BCUT2D eigenvalue weighted by atomic mass is 28.3. The Balaban J connectivity index is 2.37. The van der Waals surface area contributed by atoms with Crippen LogP contribution >= 0.6 is 0 Å². The lowest BCUT2D eigenvalue weighted by atomic mass is 10.1. The predicted octanol–water partition coefficient (Wildman–Crippen LogP) is 3.41. The van der Waals surface area contributed by atoms with Gasteiger partial charge in [-0.05, 0) is 18.4 Å². The van der Waals surface area contributed by atoms with Crippen molar-refractivity contribution in [1.29, 1.82) is 0 Å². The molecule has 0 spiro atoms. The molecular formula is C14H22OSi. The first-order valence-corrected chi connectivity index (χ1v) is 9.45. The molecule has 1 unspecified atom stereocenters. The Labute approximate surface area is 99.8 Å². The average molecular weight is 234 g/mol. The first kappa shape index (κ1) is 13.2. The normalized spacial score (nSPS) is 14.2. The molecule has 1 nitrogen and oxygen atoms in total. The first-order valence-electron chi connectivity index (χ1n) is 5.87. The van der Waals surface area contributed by atoms with Crippen LogP contribution < -0.4 is 0 Å². The topological polar surface area (TPSA) is 20.2 Å². The highest BCUT2D eigenvalue weighted by Gasteiger charge is 2.08. The van der Waals surface area contributed by atoms with E-state index in [0.717, 1.165) is 12.8 Å². The van der Waals surface area contributed by atoms with Gasteiger partial charge < -0.3 is 5.11 Å². The van der Waals surface area contributed by atoms with E-state index in [2.05, 4.69) is 43.5 Å². The van der Waals surface area contributed by atoms with Gasteiger partial charge in [-0.15, -0.1) is 0 Å². The molecule has 0 aromatic heterocycles. The Morgan fingerprint density at radius 3 is 2.38 bits per heavy atom. The molecule has 1 rings (SSSR count). The van der Waals surface area contributed by atoms with Crippen molar-refractivity contribution in [2.45, 2.75) is 38.6 Å². The van der Waals surface area contributed by atoms with Gasteiger partial charge in [0, 0.05) is 0 Å². The molecule has 1 atom stereocenters. The summed E-state index contributed by atoms with van der Waals surface area (Å²) in [6, 6.07) is 10.2. The molecular weight excluding hydrogens is 212 g/mol. The van der Waals surface area contributed by atoms with E-state index in [1.165, 1.54) is 5.56 Å². The second-order valence-electron chi connectivity index (χ2n) is 5.35. The molecule has 16 heavy (non-hydrogen) atoms. The quantitative estimate of drug-likeness (QED) is 0.774. The third-order valence-corrected chi connectivity index (χ3v) is 3.58. The van der Waals surface area contributed by atoms with Gasteiger partial charge >= 0.3 is 0 Å². The highest BCUT2D eigenvalue weighted by Crippen LogP contribution is 2.08. The molecule has 88 valence electrons. The van der Waals surface area contributed by atoms with Gasteiger partial charge in [-0.25, -0.2) is 0 Å². The number of rotatable bonds is 5. The minimum absolute atomic E-state index is 0.255. The average Bonchev–Trinajstić information content (AvgIpc) is 2.17. The maximum atomic E-state index is 9.86. The number of aliphatic hydroxyl groups is 1. The SMILES string of the molecule is C[Si](C)(C)/C=C\CC(O)Cc1ccccc1. The van der Waals surface area contributed by atoms with Crippen molar-refractivity contribution in [3.8, 4) is 0 Å². The third kappa shape index (κ3) is 5.88. The second kappa shape index (κ2) is 6.02. The van der Waals surface area contributed by atoms with Crippen LogP contribution in [-0.4, -0.2) is 19.3 Å². The molecule has 0 bridgehead atoms. The number of benzene rings is 1. The van der Waals surface area contributed by atoms with Crippen molar-refractivity contribution in [2.24, 2.45) is 0 Å². The Morgan fingerprint density at radius 1 is 1.19 bits per heavy atom. The van der Waals surface area contributed by atoms with Crippen molar-refractivity contribution in [2.75, 3.05) is 0 Å². The smallest absolute Gasteiger partial charge is 0.0682 e. The molecule has 0 saturated heterocycles. The molecule has 0 aliphatic heterocycles. The van der Waals surface area contributed by atoms with E-state index >= 15 is 0 Å². The molecule has 1 aromatic rings. The number of hydrogen-bond acceptors (Lipinski definition) is 1. The van der Waals surface area contributed by atoms with E-state index in [9.17, 15) is 5.11 Å². The summed E-state index contributed by atoms with van der Waals surface area (Å²) in [5, 5.41) is 9.86. The number of aliphatic hydroxyl groups excluding tert-OH is 1. The van der Waals surface area contributed by atoms with E-state index in [4.69, 9.17) is 0 Å². The summed E-state index contributed by atoms with van der Waals surface area (Å²) in [7, 11) is -1.11. The number of hydrogen-bond donors (Lipinski definition) is 1. The summed E-state index contributed by atoms with van der Waals surface area (Å²) >= 11 is 0. The van der Waals surface area contributed by atoms with Crippen molar-refractivity contribution in [3.05, 3.63) is 47.7 Å². The molecule has 0 saturated carbocycles. The Morgan fingerprint density at radius 2 is 1.81 bits per heavy atom. The second-order valence-corrected chi connectivity index (χ2v) is 10.4. The molecule has 0 aliphatic rings. The Hall–Kier alpha value is -0.863. The lowest BCUT2D eigenvalue weighted by Gasteiger charge is -2.11. The zero-order valence-electron chi connectivity index (χ0n) is 10.5. The van der Waals surface area contributed by atoms with Gasteiger partial charge in [0.15, 0.2) is 0 Å².